The summed E-state index contributed by atoms with van der Waals surface area (Å²) in [5.41, 5.74) is 2.07. The van der Waals surface area contributed by atoms with Gasteiger partial charge in [-0.15, -0.1) is 0 Å². The lowest BCUT2D eigenvalue weighted by Crippen LogP contribution is -1.98. The van der Waals surface area contributed by atoms with Crippen LogP contribution < -0.4 is 0 Å². The van der Waals surface area contributed by atoms with Crippen molar-refractivity contribution in [3.63, 3.8) is 0 Å². The Kier molecular flexibility index (Phi) is 2.47. The summed E-state index contributed by atoms with van der Waals surface area (Å²) in [6, 6.07) is 5.98. The van der Waals surface area contributed by atoms with Gasteiger partial charge >= 0.3 is 0 Å². The van der Waals surface area contributed by atoms with Crippen molar-refractivity contribution >= 4 is 28.1 Å². The second kappa shape index (κ2) is 3.62. The third kappa shape index (κ3) is 1.62. The van der Waals surface area contributed by atoms with E-state index in [0.717, 1.165) is 15.7 Å². The maximum absolute atomic E-state index is 5.01. The molecule has 0 bridgehead atoms. The molecule has 2 aromatic rings. The monoisotopic (exact) mass is 270 g/mol. The zero-order chi connectivity index (χ0) is 10.1. The minimum atomic E-state index is 0.413. The van der Waals surface area contributed by atoms with Crippen LogP contribution in [0.1, 0.15) is 5.56 Å². The van der Waals surface area contributed by atoms with E-state index in [1.807, 2.05) is 25.1 Å². The molecule has 0 saturated carbocycles. The van der Waals surface area contributed by atoms with Crippen molar-refractivity contribution in [3.05, 3.63) is 33.0 Å². The summed E-state index contributed by atoms with van der Waals surface area (Å²) in [5.74, 6) is 0. The number of H-pyrrole nitrogens is 1. The fraction of sp³-hybridized carbons (Fsp3) is 0.125. The molecule has 0 unspecified atom stereocenters. The Morgan fingerprint density at radius 1 is 1.50 bits per heavy atom. The van der Waals surface area contributed by atoms with E-state index >= 15 is 0 Å². The SMILES string of the molecule is Cc1ccc(Br)c(-n2[nH]nnc2=S)c1. The quantitative estimate of drug-likeness (QED) is 0.810. The van der Waals surface area contributed by atoms with Crippen LogP contribution in [-0.2, 0) is 0 Å². The van der Waals surface area contributed by atoms with Crippen molar-refractivity contribution in [2.75, 3.05) is 0 Å². The second-order valence-corrected chi connectivity index (χ2v) is 4.09. The first kappa shape index (κ1) is 9.54. The number of aromatic nitrogens is 4. The first-order chi connectivity index (χ1) is 6.68. The fourth-order valence-electron chi connectivity index (χ4n) is 1.15. The highest BCUT2D eigenvalue weighted by Gasteiger charge is 2.04. The van der Waals surface area contributed by atoms with Gasteiger partial charge in [-0.25, -0.2) is 4.68 Å². The number of rotatable bonds is 1. The van der Waals surface area contributed by atoms with Crippen LogP contribution in [0.2, 0.25) is 0 Å². The molecule has 0 saturated heterocycles. The van der Waals surface area contributed by atoms with Gasteiger partial charge in [0.05, 0.1) is 5.69 Å². The summed E-state index contributed by atoms with van der Waals surface area (Å²) in [6.45, 7) is 2.02. The molecule has 2 rings (SSSR count). The number of nitrogens with one attached hydrogen (secondary N) is 1. The van der Waals surface area contributed by atoms with Crippen molar-refractivity contribution in [1.29, 1.82) is 0 Å². The minimum absolute atomic E-state index is 0.413. The molecular formula is C8H7BrN4S. The lowest BCUT2D eigenvalue weighted by molar-refractivity contribution is 0.783. The van der Waals surface area contributed by atoms with Gasteiger partial charge in [-0.1, -0.05) is 16.4 Å². The summed E-state index contributed by atoms with van der Waals surface area (Å²) in [4.78, 5) is 0. The molecule has 14 heavy (non-hydrogen) atoms. The fourth-order valence-corrected chi connectivity index (χ4v) is 1.75. The van der Waals surface area contributed by atoms with Gasteiger partial charge in [0.15, 0.2) is 0 Å². The molecule has 0 aliphatic carbocycles. The highest BCUT2D eigenvalue weighted by atomic mass is 79.9. The van der Waals surface area contributed by atoms with Crippen LogP contribution in [0.25, 0.3) is 5.69 Å². The Bertz CT molecular complexity index is 516. The Hall–Kier alpha value is -1.01. The first-order valence-electron chi connectivity index (χ1n) is 3.95. The Balaban J connectivity index is 2.68. The maximum atomic E-state index is 5.01. The van der Waals surface area contributed by atoms with Crippen molar-refractivity contribution < 1.29 is 0 Å². The van der Waals surface area contributed by atoms with Gasteiger partial charge in [0.1, 0.15) is 0 Å². The van der Waals surface area contributed by atoms with Crippen LogP contribution in [0.5, 0.6) is 0 Å². The topological polar surface area (TPSA) is 46.5 Å². The average Bonchev–Trinajstić information content (AvgIpc) is 2.56. The van der Waals surface area contributed by atoms with Gasteiger partial charge in [-0.2, -0.15) is 5.21 Å². The number of aryl methyl sites for hydroxylation is 1. The highest BCUT2D eigenvalue weighted by Crippen LogP contribution is 2.21. The number of hydrogen-bond acceptors (Lipinski definition) is 3. The van der Waals surface area contributed by atoms with E-state index in [9.17, 15) is 0 Å². The summed E-state index contributed by atoms with van der Waals surface area (Å²) >= 11 is 8.45. The third-order valence-corrected chi connectivity index (χ3v) is 2.75. The minimum Gasteiger partial charge on any atom is -0.208 e. The second-order valence-electron chi connectivity index (χ2n) is 2.87. The Morgan fingerprint density at radius 3 is 2.93 bits per heavy atom. The molecule has 1 N–H and O–H groups in total. The maximum Gasteiger partial charge on any atom is 0.242 e. The lowest BCUT2D eigenvalue weighted by Gasteiger charge is -2.04. The van der Waals surface area contributed by atoms with Crippen LogP contribution in [0.3, 0.4) is 0 Å². The normalized spacial score (nSPS) is 10.4. The molecule has 72 valence electrons. The summed E-state index contributed by atoms with van der Waals surface area (Å²) in [7, 11) is 0. The van der Waals surface area contributed by atoms with Crippen LogP contribution in [0, 0.1) is 11.7 Å². The van der Waals surface area contributed by atoms with Crippen LogP contribution in [0.4, 0.5) is 0 Å². The zero-order valence-electron chi connectivity index (χ0n) is 7.36. The molecule has 6 heteroatoms. The molecule has 0 fully saturated rings. The van der Waals surface area contributed by atoms with E-state index in [0.29, 0.717) is 4.77 Å². The van der Waals surface area contributed by atoms with Crippen molar-refractivity contribution in [1.82, 2.24) is 20.2 Å². The highest BCUT2D eigenvalue weighted by molar-refractivity contribution is 9.10. The van der Waals surface area contributed by atoms with Crippen LogP contribution in [-0.4, -0.2) is 20.2 Å². The molecule has 1 aromatic carbocycles. The molecule has 1 heterocycles. The van der Waals surface area contributed by atoms with E-state index in [1.165, 1.54) is 0 Å². The average molecular weight is 271 g/mol. The van der Waals surface area contributed by atoms with Crippen LogP contribution in [0.15, 0.2) is 22.7 Å². The molecule has 0 atom stereocenters. The van der Waals surface area contributed by atoms with Crippen molar-refractivity contribution in [2.45, 2.75) is 6.92 Å². The number of nitrogens with zero attached hydrogens (tertiary/aromatic N) is 3. The first-order valence-corrected chi connectivity index (χ1v) is 5.15. The predicted octanol–water partition coefficient (Wildman–Crippen LogP) is 2.40. The van der Waals surface area contributed by atoms with Gasteiger partial charge < -0.3 is 0 Å². The van der Waals surface area contributed by atoms with Gasteiger partial charge in [0, 0.05) is 4.47 Å². The largest absolute Gasteiger partial charge is 0.242 e. The number of halogens is 1. The van der Waals surface area contributed by atoms with Crippen molar-refractivity contribution in [2.24, 2.45) is 0 Å². The van der Waals surface area contributed by atoms with Crippen molar-refractivity contribution in [3.8, 4) is 5.69 Å². The molecule has 4 nitrogen and oxygen atoms in total. The Morgan fingerprint density at radius 2 is 2.29 bits per heavy atom. The molecule has 0 radical (unpaired) electrons. The summed E-state index contributed by atoms with van der Waals surface area (Å²) < 4.78 is 3.01. The molecule has 1 aromatic heterocycles. The number of hydrogen-bond donors (Lipinski definition) is 1. The van der Waals surface area contributed by atoms with Gasteiger partial charge in [-0.3, -0.25) is 0 Å². The summed E-state index contributed by atoms with van der Waals surface area (Å²) in [5, 5.41) is 10.1. The number of aromatic amines is 1. The van der Waals surface area contributed by atoms with Gasteiger partial charge in [0.25, 0.3) is 0 Å². The smallest absolute Gasteiger partial charge is 0.208 e. The Labute approximate surface area is 94.1 Å². The number of tetrazole rings is 1. The van der Waals surface area contributed by atoms with E-state index in [1.54, 1.807) is 4.68 Å². The zero-order valence-corrected chi connectivity index (χ0v) is 9.76. The molecule has 0 aliphatic rings. The molecule has 0 spiro atoms. The lowest BCUT2D eigenvalue weighted by atomic mass is 10.2. The molecule has 0 aliphatic heterocycles. The van der Waals surface area contributed by atoms with Crippen LogP contribution >= 0.6 is 28.1 Å². The standard InChI is InChI=1S/C8H7BrN4S/c1-5-2-3-6(9)7(4-5)13-8(14)10-11-12-13/h2-4H,1H3,(H,10,12,14). The molecule has 0 amide bonds. The van der Waals surface area contributed by atoms with Gasteiger partial charge in [0.2, 0.25) is 4.77 Å². The van der Waals surface area contributed by atoms with Gasteiger partial charge in [-0.05, 0) is 52.8 Å². The third-order valence-electron chi connectivity index (χ3n) is 1.81. The molecular weight excluding hydrogens is 264 g/mol. The van der Waals surface area contributed by atoms with E-state index in [4.69, 9.17) is 12.2 Å². The van der Waals surface area contributed by atoms with E-state index in [-0.39, 0.29) is 0 Å². The van der Waals surface area contributed by atoms with E-state index in [2.05, 4.69) is 31.5 Å². The predicted molar refractivity (Wildman–Crippen MR) is 59.0 cm³/mol. The summed E-state index contributed by atoms with van der Waals surface area (Å²) in [6.07, 6.45) is 0. The van der Waals surface area contributed by atoms with E-state index < -0.39 is 0 Å². The number of benzene rings is 1.